The Morgan fingerprint density at radius 2 is 0.872 bits per heavy atom. The van der Waals surface area contributed by atoms with Gasteiger partial charge >= 0.3 is 0 Å². The largest absolute Gasteiger partial charge is 0.247 e. The minimum absolute atomic E-state index is 0.642. The van der Waals surface area contributed by atoms with Crippen LogP contribution in [0.2, 0.25) is 0 Å². The van der Waals surface area contributed by atoms with Crippen molar-refractivity contribution in [1.82, 2.24) is 19.9 Å². The van der Waals surface area contributed by atoms with Crippen LogP contribution in [0.1, 0.15) is 0 Å². The van der Waals surface area contributed by atoms with Crippen LogP contribution in [0.3, 0.4) is 0 Å². The molecule has 0 saturated carbocycles. The lowest BCUT2D eigenvalue weighted by molar-refractivity contribution is 1.07. The van der Waals surface area contributed by atoms with E-state index in [2.05, 4.69) is 97.1 Å². The van der Waals surface area contributed by atoms with Crippen LogP contribution in [0.15, 0.2) is 158 Å². The van der Waals surface area contributed by atoms with Gasteiger partial charge in [0.05, 0.1) is 11.2 Å². The molecule has 6 aromatic carbocycles. The normalized spacial score (nSPS) is 11.4. The van der Waals surface area contributed by atoms with E-state index in [4.69, 9.17) is 19.9 Å². The van der Waals surface area contributed by atoms with E-state index in [1.807, 2.05) is 72.0 Å². The number of rotatable bonds is 5. The van der Waals surface area contributed by atoms with Gasteiger partial charge in [0.2, 0.25) is 0 Å². The van der Waals surface area contributed by atoms with Crippen molar-refractivity contribution >= 4 is 42.4 Å². The third-order valence-corrected chi connectivity index (χ3v) is 9.72. The molecule has 4 nitrogen and oxygen atoms in total. The van der Waals surface area contributed by atoms with Crippen molar-refractivity contribution in [3.05, 3.63) is 158 Å². The Kier molecular flexibility index (Phi) is 6.61. The summed E-state index contributed by atoms with van der Waals surface area (Å²) < 4.78 is 2.52. The SMILES string of the molecule is c1ccc(-c2nc(-c3ccccc3)nc(-c3ccc(-c4cccc5nc(-c6ccccc6)c6c7ccccc7sc6c45)cc3)n2)cc1. The Hall–Kier alpha value is -6.04. The smallest absolute Gasteiger partial charge is 0.164 e. The molecule has 0 fully saturated rings. The molecule has 0 saturated heterocycles. The monoisotopic (exact) mass is 618 g/mol. The van der Waals surface area contributed by atoms with Gasteiger partial charge in [-0.2, -0.15) is 0 Å². The summed E-state index contributed by atoms with van der Waals surface area (Å²) >= 11 is 1.84. The van der Waals surface area contributed by atoms with Gasteiger partial charge in [-0.1, -0.05) is 146 Å². The predicted molar refractivity (Wildman–Crippen MR) is 195 cm³/mol. The second-order valence-corrected chi connectivity index (χ2v) is 12.5. The molecule has 0 spiro atoms. The van der Waals surface area contributed by atoms with Crippen molar-refractivity contribution in [2.24, 2.45) is 0 Å². The minimum Gasteiger partial charge on any atom is -0.247 e. The Balaban J connectivity index is 1.21. The van der Waals surface area contributed by atoms with E-state index in [0.717, 1.165) is 44.6 Å². The van der Waals surface area contributed by atoms with E-state index in [-0.39, 0.29) is 0 Å². The molecule has 0 radical (unpaired) electrons. The number of benzene rings is 6. The maximum Gasteiger partial charge on any atom is 0.164 e. The molecule has 47 heavy (non-hydrogen) atoms. The Bertz CT molecular complexity index is 2490. The molecule has 0 aliphatic carbocycles. The summed E-state index contributed by atoms with van der Waals surface area (Å²) in [5.41, 5.74) is 8.25. The first-order chi connectivity index (χ1) is 23.3. The summed E-state index contributed by atoms with van der Waals surface area (Å²) in [4.78, 5) is 20.0. The molecule has 3 aromatic heterocycles. The maximum absolute atomic E-state index is 5.30. The molecule has 0 unspecified atom stereocenters. The van der Waals surface area contributed by atoms with E-state index in [1.54, 1.807) is 0 Å². The highest BCUT2D eigenvalue weighted by molar-refractivity contribution is 7.26. The van der Waals surface area contributed by atoms with Gasteiger partial charge in [0.1, 0.15) is 0 Å². The highest BCUT2D eigenvalue weighted by Gasteiger charge is 2.19. The van der Waals surface area contributed by atoms with Gasteiger partial charge in [0.25, 0.3) is 0 Å². The molecule has 220 valence electrons. The van der Waals surface area contributed by atoms with Gasteiger partial charge in [-0.15, -0.1) is 11.3 Å². The van der Waals surface area contributed by atoms with Crippen LogP contribution < -0.4 is 0 Å². The molecule has 0 bridgehead atoms. The van der Waals surface area contributed by atoms with Crippen LogP contribution in [0.25, 0.3) is 87.6 Å². The van der Waals surface area contributed by atoms with E-state index < -0.39 is 0 Å². The Morgan fingerprint density at radius 1 is 0.362 bits per heavy atom. The minimum atomic E-state index is 0.642. The lowest BCUT2D eigenvalue weighted by Crippen LogP contribution is -2.00. The molecule has 9 rings (SSSR count). The summed E-state index contributed by atoms with van der Waals surface area (Å²) in [5, 5.41) is 3.62. The van der Waals surface area contributed by atoms with Crippen molar-refractivity contribution in [2.75, 3.05) is 0 Å². The number of fused-ring (bicyclic) bond motifs is 5. The van der Waals surface area contributed by atoms with Crippen LogP contribution in [0, 0.1) is 0 Å². The number of aromatic nitrogens is 4. The van der Waals surface area contributed by atoms with Gasteiger partial charge in [-0.25, -0.2) is 19.9 Å². The van der Waals surface area contributed by atoms with Crippen molar-refractivity contribution < 1.29 is 0 Å². The first-order valence-electron chi connectivity index (χ1n) is 15.6. The van der Waals surface area contributed by atoms with E-state index in [1.165, 1.54) is 25.6 Å². The van der Waals surface area contributed by atoms with Crippen molar-refractivity contribution in [3.8, 4) is 56.5 Å². The Morgan fingerprint density at radius 3 is 1.49 bits per heavy atom. The molecule has 5 heteroatoms. The van der Waals surface area contributed by atoms with Crippen LogP contribution in [0.5, 0.6) is 0 Å². The molecule has 3 heterocycles. The molecule has 0 aliphatic rings. The molecule has 0 N–H and O–H groups in total. The zero-order valence-corrected chi connectivity index (χ0v) is 26.0. The Labute approximate surface area is 275 Å². The van der Waals surface area contributed by atoms with Crippen molar-refractivity contribution in [3.63, 3.8) is 0 Å². The van der Waals surface area contributed by atoms with Crippen LogP contribution in [0.4, 0.5) is 0 Å². The average Bonchev–Trinajstić information content (AvgIpc) is 3.55. The number of hydrogen-bond donors (Lipinski definition) is 0. The van der Waals surface area contributed by atoms with E-state index in [0.29, 0.717) is 17.5 Å². The predicted octanol–water partition coefficient (Wildman–Crippen LogP) is 11.1. The molecule has 0 atom stereocenters. The lowest BCUT2D eigenvalue weighted by Gasteiger charge is -2.12. The number of thiophene rings is 1. The second kappa shape index (κ2) is 11.4. The van der Waals surface area contributed by atoms with Crippen LogP contribution in [-0.4, -0.2) is 19.9 Å². The second-order valence-electron chi connectivity index (χ2n) is 11.4. The number of hydrogen-bond acceptors (Lipinski definition) is 5. The van der Waals surface area contributed by atoms with Gasteiger partial charge in [-0.05, 0) is 23.3 Å². The average molecular weight is 619 g/mol. The summed E-state index contributed by atoms with van der Waals surface area (Å²) in [6, 6.07) is 54.3. The summed E-state index contributed by atoms with van der Waals surface area (Å²) in [7, 11) is 0. The first kappa shape index (κ1) is 27.3. The van der Waals surface area contributed by atoms with Gasteiger partial charge in [0.15, 0.2) is 17.5 Å². The topological polar surface area (TPSA) is 51.6 Å². The first-order valence-corrected chi connectivity index (χ1v) is 16.4. The summed E-state index contributed by atoms with van der Waals surface area (Å²) in [6.45, 7) is 0. The third kappa shape index (κ3) is 4.85. The fraction of sp³-hybridized carbons (Fsp3) is 0. The fourth-order valence-electron chi connectivity index (χ4n) is 6.29. The van der Waals surface area contributed by atoms with Gasteiger partial charge in [0, 0.05) is 47.8 Å². The summed E-state index contributed by atoms with van der Waals surface area (Å²) in [5.74, 6) is 1.95. The van der Waals surface area contributed by atoms with Crippen LogP contribution >= 0.6 is 11.3 Å². The van der Waals surface area contributed by atoms with Gasteiger partial charge in [-0.3, -0.25) is 0 Å². The molecule has 0 amide bonds. The molecule has 9 aromatic rings. The van der Waals surface area contributed by atoms with Crippen molar-refractivity contribution in [1.29, 1.82) is 0 Å². The number of pyridine rings is 1. The summed E-state index contributed by atoms with van der Waals surface area (Å²) in [6.07, 6.45) is 0. The van der Waals surface area contributed by atoms with Gasteiger partial charge < -0.3 is 0 Å². The zero-order valence-electron chi connectivity index (χ0n) is 25.2. The quantitative estimate of drug-likeness (QED) is 0.193. The number of nitrogens with zero attached hydrogens (tertiary/aromatic N) is 4. The third-order valence-electron chi connectivity index (χ3n) is 8.53. The fourth-order valence-corrected chi connectivity index (χ4v) is 7.56. The van der Waals surface area contributed by atoms with E-state index in [9.17, 15) is 0 Å². The van der Waals surface area contributed by atoms with Crippen molar-refractivity contribution in [2.45, 2.75) is 0 Å². The lowest BCUT2D eigenvalue weighted by atomic mass is 9.96. The zero-order chi connectivity index (χ0) is 31.2. The van der Waals surface area contributed by atoms with Crippen LogP contribution in [-0.2, 0) is 0 Å². The highest BCUT2D eigenvalue weighted by Crippen LogP contribution is 2.45. The molecule has 0 aliphatic heterocycles. The molecular weight excluding hydrogens is 593 g/mol. The molecular formula is C42H26N4S. The standard InChI is InChI=1S/C42H26N4S/c1-4-13-28(14-5-1)38-37-33-19-10-11-22-35(33)47-39(37)36-32(20-12-21-34(36)43-38)27-23-25-31(26-24-27)42-45-40(29-15-6-2-7-16-29)44-41(46-42)30-17-8-3-9-18-30/h1-26H. The van der Waals surface area contributed by atoms with E-state index >= 15 is 0 Å². The highest BCUT2D eigenvalue weighted by atomic mass is 32.1. The maximum atomic E-state index is 5.30.